The Bertz CT molecular complexity index is 636. The molecule has 1 aromatic carbocycles. The molecule has 4 rings (SSSR count). The van der Waals surface area contributed by atoms with Crippen LogP contribution in [0, 0.1) is 5.82 Å². The number of nitrogens with zero attached hydrogens (tertiary/aromatic N) is 2. The first-order chi connectivity index (χ1) is 11.6. The summed E-state index contributed by atoms with van der Waals surface area (Å²) in [6.07, 6.45) is 3.55. The molecule has 3 fully saturated rings. The third-order valence-electron chi connectivity index (χ3n) is 5.77. The summed E-state index contributed by atoms with van der Waals surface area (Å²) in [5, 5.41) is 0. The number of amides is 1. The van der Waals surface area contributed by atoms with Crippen LogP contribution in [-0.4, -0.2) is 53.1 Å². The Morgan fingerprint density at radius 1 is 1.17 bits per heavy atom. The lowest BCUT2D eigenvalue weighted by molar-refractivity contribution is -0.200. The Kier molecular flexibility index (Phi) is 3.88. The van der Waals surface area contributed by atoms with Crippen LogP contribution in [0.4, 0.5) is 4.39 Å². The zero-order chi connectivity index (χ0) is 16.8. The lowest BCUT2D eigenvalue weighted by atomic mass is 9.87. The molecule has 0 bridgehead atoms. The van der Waals surface area contributed by atoms with Crippen LogP contribution < -0.4 is 0 Å². The van der Waals surface area contributed by atoms with E-state index in [0.29, 0.717) is 13.1 Å². The summed E-state index contributed by atoms with van der Waals surface area (Å²) in [5.41, 5.74) is 0.0377. The molecule has 5 heteroatoms. The molecule has 2 aliphatic heterocycles. The highest BCUT2D eigenvalue weighted by molar-refractivity contribution is 5.89. The Balaban J connectivity index is 1.42. The van der Waals surface area contributed by atoms with Gasteiger partial charge in [0.2, 0.25) is 0 Å². The Labute approximate surface area is 142 Å². The van der Waals surface area contributed by atoms with Gasteiger partial charge in [-0.25, -0.2) is 4.39 Å². The van der Waals surface area contributed by atoms with Crippen molar-refractivity contribution in [3.63, 3.8) is 0 Å². The van der Waals surface area contributed by atoms with Crippen molar-refractivity contribution in [2.75, 3.05) is 26.2 Å². The number of likely N-dealkylation sites (tertiary alicyclic amines) is 1. The fraction of sp³-hybridized carbons (Fsp3) is 0.632. The summed E-state index contributed by atoms with van der Waals surface area (Å²) in [5.74, 6) is 0.0517. The van der Waals surface area contributed by atoms with E-state index in [2.05, 4.69) is 4.90 Å². The van der Waals surface area contributed by atoms with Gasteiger partial charge in [0.25, 0.3) is 5.91 Å². The van der Waals surface area contributed by atoms with E-state index in [-0.39, 0.29) is 17.3 Å². The predicted molar refractivity (Wildman–Crippen MR) is 88.9 cm³/mol. The Hall–Kier alpha value is -1.46. The summed E-state index contributed by atoms with van der Waals surface area (Å²) in [6, 6.07) is 6.99. The van der Waals surface area contributed by atoms with E-state index in [1.165, 1.54) is 6.07 Å². The molecule has 2 heterocycles. The van der Waals surface area contributed by atoms with Gasteiger partial charge < -0.3 is 9.64 Å². The third-order valence-corrected chi connectivity index (χ3v) is 5.77. The molecule has 1 aromatic rings. The number of piperidine rings is 1. The smallest absolute Gasteiger partial charge is 0.254 e. The number of ether oxygens (including phenoxy) is 1. The van der Waals surface area contributed by atoms with Crippen LogP contribution >= 0.6 is 0 Å². The molecule has 0 atom stereocenters. The second kappa shape index (κ2) is 5.81. The van der Waals surface area contributed by atoms with Crippen LogP contribution in [0.15, 0.2) is 24.3 Å². The average molecular weight is 332 g/mol. The Morgan fingerprint density at radius 3 is 2.50 bits per heavy atom. The highest BCUT2D eigenvalue weighted by Crippen LogP contribution is 2.49. The summed E-state index contributed by atoms with van der Waals surface area (Å²) in [6.45, 7) is 5.92. The minimum absolute atomic E-state index is 0.133. The lowest BCUT2D eigenvalue weighted by Crippen LogP contribution is -2.62. The van der Waals surface area contributed by atoms with E-state index in [4.69, 9.17) is 4.74 Å². The number of benzene rings is 1. The fourth-order valence-electron chi connectivity index (χ4n) is 4.13. The highest BCUT2D eigenvalue weighted by atomic mass is 19.1. The number of carbonyl (C=O) groups excluding carboxylic acids is 1. The molecule has 0 unspecified atom stereocenters. The van der Waals surface area contributed by atoms with Crippen LogP contribution in [0.3, 0.4) is 0 Å². The molecule has 0 radical (unpaired) electrons. The van der Waals surface area contributed by atoms with Gasteiger partial charge in [0.05, 0.1) is 5.60 Å². The molecule has 0 aromatic heterocycles. The standard InChI is InChI=1S/C19H25FN2O2/c1-2-22-14-18(24-19(7-8-19)17(22)23)9-11-21(12-10-18)13-15-5-3-4-6-16(15)20/h3-6H,2,7-14H2,1H3. The molecule has 130 valence electrons. The van der Waals surface area contributed by atoms with Gasteiger partial charge in [-0.2, -0.15) is 0 Å². The van der Waals surface area contributed by atoms with Gasteiger partial charge in [0.1, 0.15) is 11.4 Å². The molecule has 1 saturated carbocycles. The first-order valence-electron chi connectivity index (χ1n) is 9.01. The molecule has 2 saturated heterocycles. The largest absolute Gasteiger partial charge is 0.357 e. The highest BCUT2D eigenvalue weighted by Gasteiger charge is 2.61. The van der Waals surface area contributed by atoms with E-state index < -0.39 is 5.60 Å². The minimum Gasteiger partial charge on any atom is -0.357 e. The van der Waals surface area contributed by atoms with Gasteiger partial charge in [0.15, 0.2) is 0 Å². The zero-order valence-corrected chi connectivity index (χ0v) is 14.3. The summed E-state index contributed by atoms with van der Waals surface area (Å²) < 4.78 is 20.2. The van der Waals surface area contributed by atoms with E-state index >= 15 is 0 Å². The molecule has 3 aliphatic rings. The summed E-state index contributed by atoms with van der Waals surface area (Å²) in [7, 11) is 0. The van der Waals surface area contributed by atoms with Crippen molar-refractivity contribution in [1.82, 2.24) is 9.80 Å². The van der Waals surface area contributed by atoms with Gasteiger partial charge in [-0.1, -0.05) is 18.2 Å². The van der Waals surface area contributed by atoms with Crippen molar-refractivity contribution in [2.45, 2.75) is 50.4 Å². The fourth-order valence-corrected chi connectivity index (χ4v) is 4.13. The molecule has 4 nitrogen and oxygen atoms in total. The van der Waals surface area contributed by atoms with Crippen LogP contribution in [0.2, 0.25) is 0 Å². The topological polar surface area (TPSA) is 32.8 Å². The van der Waals surface area contributed by atoms with Gasteiger partial charge >= 0.3 is 0 Å². The first kappa shape index (κ1) is 16.0. The van der Waals surface area contributed by atoms with Crippen molar-refractivity contribution < 1.29 is 13.9 Å². The van der Waals surface area contributed by atoms with E-state index in [0.717, 1.165) is 50.9 Å². The number of halogens is 1. The van der Waals surface area contributed by atoms with Gasteiger partial charge in [-0.05, 0) is 38.7 Å². The van der Waals surface area contributed by atoms with Crippen LogP contribution in [-0.2, 0) is 16.1 Å². The van der Waals surface area contributed by atoms with Crippen molar-refractivity contribution >= 4 is 5.91 Å². The van der Waals surface area contributed by atoms with Crippen molar-refractivity contribution in [3.8, 4) is 0 Å². The normalized spacial score (nSPS) is 25.4. The van der Waals surface area contributed by atoms with E-state index in [1.807, 2.05) is 24.0 Å². The first-order valence-corrected chi connectivity index (χ1v) is 9.01. The maximum absolute atomic E-state index is 13.8. The quantitative estimate of drug-likeness (QED) is 0.853. The number of hydrogen-bond acceptors (Lipinski definition) is 3. The van der Waals surface area contributed by atoms with Crippen LogP contribution in [0.25, 0.3) is 0 Å². The predicted octanol–water partition coefficient (Wildman–Crippen LogP) is 2.57. The summed E-state index contributed by atoms with van der Waals surface area (Å²) in [4.78, 5) is 16.7. The molecule has 1 amide bonds. The Morgan fingerprint density at radius 2 is 1.88 bits per heavy atom. The lowest BCUT2D eigenvalue weighted by Gasteiger charge is -2.50. The van der Waals surface area contributed by atoms with Gasteiger partial charge in [-0.3, -0.25) is 9.69 Å². The van der Waals surface area contributed by atoms with Gasteiger partial charge in [0, 0.05) is 38.3 Å². The second-order valence-electron chi connectivity index (χ2n) is 7.47. The molecular weight excluding hydrogens is 307 g/mol. The molecular formula is C19H25FN2O2. The number of hydrogen-bond donors (Lipinski definition) is 0. The van der Waals surface area contributed by atoms with Crippen molar-refractivity contribution in [1.29, 1.82) is 0 Å². The van der Waals surface area contributed by atoms with E-state index in [9.17, 15) is 9.18 Å². The second-order valence-corrected chi connectivity index (χ2v) is 7.47. The maximum atomic E-state index is 13.8. The molecule has 2 spiro atoms. The van der Waals surface area contributed by atoms with Crippen LogP contribution in [0.1, 0.15) is 38.2 Å². The zero-order valence-electron chi connectivity index (χ0n) is 14.3. The molecule has 0 N–H and O–H groups in total. The SMILES string of the molecule is CCN1CC2(CCN(Cc3ccccc3F)CC2)OC2(CC2)C1=O. The van der Waals surface area contributed by atoms with Crippen LogP contribution in [0.5, 0.6) is 0 Å². The van der Waals surface area contributed by atoms with Gasteiger partial charge in [-0.15, -0.1) is 0 Å². The number of carbonyl (C=O) groups is 1. The van der Waals surface area contributed by atoms with Crippen molar-refractivity contribution in [2.24, 2.45) is 0 Å². The van der Waals surface area contributed by atoms with E-state index in [1.54, 1.807) is 6.07 Å². The van der Waals surface area contributed by atoms with Crippen molar-refractivity contribution in [3.05, 3.63) is 35.6 Å². The average Bonchev–Trinajstić information content (AvgIpc) is 3.36. The maximum Gasteiger partial charge on any atom is 0.254 e. The minimum atomic E-state index is -0.512. The molecule has 24 heavy (non-hydrogen) atoms. The number of rotatable bonds is 3. The monoisotopic (exact) mass is 332 g/mol. The summed E-state index contributed by atoms with van der Waals surface area (Å²) >= 11 is 0. The third kappa shape index (κ3) is 2.74. The number of likely N-dealkylation sites (N-methyl/N-ethyl adjacent to an activating group) is 1. The number of morpholine rings is 1. The molecule has 1 aliphatic carbocycles.